The van der Waals surface area contributed by atoms with Gasteiger partial charge in [-0.2, -0.15) is 0 Å². The average molecular weight is 336 g/mol. The molecule has 2 rings (SSSR count). The molecule has 0 amide bonds. The normalized spacial score (nSPS) is 12.1. The Kier molecular flexibility index (Phi) is 4.81. The summed E-state index contributed by atoms with van der Waals surface area (Å²) in [5, 5.41) is 14.2. The van der Waals surface area contributed by atoms with E-state index in [0.29, 0.717) is 11.0 Å². The third kappa shape index (κ3) is 3.40. The van der Waals surface area contributed by atoms with Gasteiger partial charge in [-0.15, -0.1) is 0 Å². The number of benzene rings is 1. The van der Waals surface area contributed by atoms with Gasteiger partial charge in [-0.1, -0.05) is 12.1 Å². The highest BCUT2D eigenvalue weighted by atomic mass is 79.9. The molecule has 0 bridgehead atoms. The molecule has 0 aliphatic rings. The van der Waals surface area contributed by atoms with Crippen molar-refractivity contribution in [2.45, 2.75) is 19.5 Å². The predicted octanol–water partition coefficient (Wildman–Crippen LogP) is 3.60. The van der Waals surface area contributed by atoms with Gasteiger partial charge in [-0.25, -0.2) is 0 Å². The number of nitro groups is 1. The lowest BCUT2D eigenvalue weighted by Crippen LogP contribution is -2.18. The largest absolute Gasteiger partial charge is 0.306 e. The minimum atomic E-state index is -0.389. The van der Waals surface area contributed by atoms with Crippen LogP contribution in [0.3, 0.4) is 0 Å². The fourth-order valence-corrected chi connectivity index (χ4v) is 2.43. The molecule has 0 radical (unpaired) electrons. The zero-order valence-corrected chi connectivity index (χ0v) is 12.5. The van der Waals surface area contributed by atoms with Crippen LogP contribution < -0.4 is 5.32 Å². The molecule has 20 heavy (non-hydrogen) atoms. The number of aromatic nitrogens is 1. The van der Waals surface area contributed by atoms with Crippen molar-refractivity contribution < 1.29 is 4.92 Å². The summed E-state index contributed by atoms with van der Waals surface area (Å²) in [6.07, 6.45) is 3.49. The first-order valence-corrected chi connectivity index (χ1v) is 6.94. The second kappa shape index (κ2) is 6.58. The standard InChI is InChI=1S/C14H14BrN3O2/c1-10(11-5-7-16-8-6-11)17-9-12-3-2-4-13(14(12)15)18(19)20/h2-8,10,17H,9H2,1H3/t10-/m0/s1. The lowest BCUT2D eigenvalue weighted by Gasteiger charge is -2.14. The molecule has 5 nitrogen and oxygen atoms in total. The molecular weight excluding hydrogens is 322 g/mol. The Morgan fingerprint density at radius 3 is 2.70 bits per heavy atom. The van der Waals surface area contributed by atoms with Gasteiger partial charge in [0.25, 0.3) is 5.69 Å². The van der Waals surface area contributed by atoms with E-state index in [2.05, 4.69) is 26.2 Å². The molecule has 0 unspecified atom stereocenters. The fraction of sp³-hybridized carbons (Fsp3) is 0.214. The van der Waals surface area contributed by atoms with Gasteiger partial charge in [0.15, 0.2) is 0 Å². The second-order valence-corrected chi connectivity index (χ2v) is 5.18. The quantitative estimate of drug-likeness (QED) is 0.669. The number of nitrogens with zero attached hydrogens (tertiary/aromatic N) is 2. The van der Waals surface area contributed by atoms with Gasteiger partial charge in [0.2, 0.25) is 0 Å². The number of nitrogens with one attached hydrogen (secondary N) is 1. The van der Waals surface area contributed by atoms with Crippen LogP contribution in [-0.4, -0.2) is 9.91 Å². The second-order valence-electron chi connectivity index (χ2n) is 4.39. The molecule has 0 aliphatic heterocycles. The zero-order chi connectivity index (χ0) is 14.5. The average Bonchev–Trinajstić information content (AvgIpc) is 2.46. The van der Waals surface area contributed by atoms with Gasteiger partial charge >= 0.3 is 0 Å². The van der Waals surface area contributed by atoms with Crippen LogP contribution in [0, 0.1) is 10.1 Å². The number of rotatable bonds is 5. The van der Waals surface area contributed by atoms with E-state index >= 15 is 0 Å². The van der Waals surface area contributed by atoms with Crippen molar-refractivity contribution >= 4 is 21.6 Å². The maximum absolute atomic E-state index is 10.9. The van der Waals surface area contributed by atoms with E-state index in [1.807, 2.05) is 25.1 Å². The summed E-state index contributed by atoms with van der Waals surface area (Å²) in [6, 6.07) is 9.07. The van der Waals surface area contributed by atoms with Crippen molar-refractivity contribution in [3.8, 4) is 0 Å². The third-order valence-corrected chi connectivity index (χ3v) is 3.98. The van der Waals surface area contributed by atoms with Gasteiger partial charge in [0.05, 0.1) is 9.40 Å². The Labute approximate surface area is 125 Å². The Morgan fingerprint density at radius 1 is 1.35 bits per heavy atom. The highest BCUT2D eigenvalue weighted by Crippen LogP contribution is 2.28. The predicted molar refractivity (Wildman–Crippen MR) is 80.3 cm³/mol. The summed E-state index contributed by atoms with van der Waals surface area (Å²) < 4.78 is 0.527. The van der Waals surface area contributed by atoms with E-state index in [4.69, 9.17) is 0 Å². The van der Waals surface area contributed by atoms with E-state index in [9.17, 15) is 10.1 Å². The monoisotopic (exact) mass is 335 g/mol. The molecular formula is C14H14BrN3O2. The molecule has 0 saturated carbocycles. The summed E-state index contributed by atoms with van der Waals surface area (Å²) in [5.41, 5.74) is 2.07. The van der Waals surface area contributed by atoms with Crippen molar-refractivity contribution in [2.75, 3.05) is 0 Å². The van der Waals surface area contributed by atoms with Gasteiger partial charge in [0.1, 0.15) is 0 Å². The van der Waals surface area contributed by atoms with Crippen molar-refractivity contribution in [1.29, 1.82) is 0 Å². The van der Waals surface area contributed by atoms with Crippen LogP contribution in [0.5, 0.6) is 0 Å². The highest BCUT2D eigenvalue weighted by Gasteiger charge is 2.15. The summed E-state index contributed by atoms with van der Waals surface area (Å²) in [6.45, 7) is 2.59. The van der Waals surface area contributed by atoms with E-state index < -0.39 is 0 Å². The Hall–Kier alpha value is -1.79. The van der Waals surface area contributed by atoms with Gasteiger partial charge in [-0.3, -0.25) is 15.1 Å². The first-order chi connectivity index (χ1) is 9.59. The first-order valence-electron chi connectivity index (χ1n) is 6.14. The van der Waals surface area contributed by atoms with E-state index in [1.54, 1.807) is 18.5 Å². The van der Waals surface area contributed by atoms with Crippen LogP contribution in [0.2, 0.25) is 0 Å². The van der Waals surface area contributed by atoms with Crippen LogP contribution in [0.1, 0.15) is 24.1 Å². The number of hydrogen-bond donors (Lipinski definition) is 1. The maximum atomic E-state index is 10.9. The van der Waals surface area contributed by atoms with Gasteiger partial charge in [0, 0.05) is 31.0 Å². The molecule has 2 aromatic rings. The van der Waals surface area contributed by atoms with Gasteiger partial charge < -0.3 is 5.32 Å². The summed E-state index contributed by atoms with van der Waals surface area (Å²) in [7, 11) is 0. The molecule has 0 spiro atoms. The highest BCUT2D eigenvalue weighted by molar-refractivity contribution is 9.10. The fourth-order valence-electron chi connectivity index (χ4n) is 1.88. The SMILES string of the molecule is C[C@H](NCc1cccc([N+](=O)[O-])c1Br)c1ccncc1. The lowest BCUT2D eigenvalue weighted by atomic mass is 10.1. The van der Waals surface area contributed by atoms with Crippen LogP contribution in [0.15, 0.2) is 47.2 Å². The molecule has 1 N–H and O–H groups in total. The van der Waals surface area contributed by atoms with E-state index in [-0.39, 0.29) is 16.7 Å². The molecule has 0 aliphatic carbocycles. The topological polar surface area (TPSA) is 68.1 Å². The van der Waals surface area contributed by atoms with Crippen molar-refractivity contribution in [3.05, 3.63) is 68.4 Å². The number of pyridine rings is 1. The molecule has 6 heteroatoms. The minimum Gasteiger partial charge on any atom is -0.306 e. The molecule has 1 atom stereocenters. The molecule has 0 fully saturated rings. The summed E-state index contributed by atoms with van der Waals surface area (Å²) in [4.78, 5) is 14.5. The number of nitro benzene ring substituents is 1. The number of halogens is 1. The molecule has 1 heterocycles. The van der Waals surface area contributed by atoms with Crippen LogP contribution in [-0.2, 0) is 6.54 Å². The molecule has 1 aromatic carbocycles. The minimum absolute atomic E-state index is 0.0841. The zero-order valence-electron chi connectivity index (χ0n) is 10.9. The Balaban J connectivity index is 2.08. The summed E-state index contributed by atoms with van der Waals surface area (Å²) >= 11 is 3.30. The van der Waals surface area contributed by atoms with Crippen molar-refractivity contribution in [1.82, 2.24) is 10.3 Å². The Bertz CT molecular complexity index is 605. The van der Waals surface area contributed by atoms with Crippen LogP contribution >= 0.6 is 15.9 Å². The molecule has 104 valence electrons. The van der Waals surface area contributed by atoms with E-state index in [1.165, 1.54) is 6.07 Å². The molecule has 0 saturated heterocycles. The molecule has 1 aromatic heterocycles. The first kappa shape index (κ1) is 14.6. The number of hydrogen-bond acceptors (Lipinski definition) is 4. The van der Waals surface area contributed by atoms with Crippen LogP contribution in [0.4, 0.5) is 5.69 Å². The van der Waals surface area contributed by atoms with Gasteiger partial charge in [-0.05, 0) is 46.1 Å². The van der Waals surface area contributed by atoms with Crippen molar-refractivity contribution in [2.24, 2.45) is 0 Å². The maximum Gasteiger partial charge on any atom is 0.283 e. The Morgan fingerprint density at radius 2 is 2.05 bits per heavy atom. The third-order valence-electron chi connectivity index (χ3n) is 3.06. The lowest BCUT2D eigenvalue weighted by molar-refractivity contribution is -0.385. The van der Waals surface area contributed by atoms with Crippen LogP contribution in [0.25, 0.3) is 0 Å². The van der Waals surface area contributed by atoms with E-state index in [0.717, 1.165) is 11.1 Å². The van der Waals surface area contributed by atoms with Crippen molar-refractivity contribution in [3.63, 3.8) is 0 Å². The summed E-state index contributed by atoms with van der Waals surface area (Å²) in [5.74, 6) is 0. The smallest absolute Gasteiger partial charge is 0.283 e.